The normalized spacial score (nSPS) is 19.1. The first-order valence-corrected chi connectivity index (χ1v) is 8.01. The molecule has 0 amide bonds. The van der Waals surface area contributed by atoms with Crippen molar-refractivity contribution in [2.75, 3.05) is 24.5 Å². The SMILES string of the molecule is CC.CC(C)Sc1cnc(N2CCNCC2C)nc1. The Hall–Kier alpha value is -0.810. The predicted molar refractivity (Wildman–Crippen MR) is 84.1 cm³/mol. The van der Waals surface area contributed by atoms with E-state index in [1.807, 2.05) is 26.2 Å². The summed E-state index contributed by atoms with van der Waals surface area (Å²) in [6, 6.07) is 0.465. The van der Waals surface area contributed by atoms with Crippen LogP contribution in [0.15, 0.2) is 17.3 Å². The van der Waals surface area contributed by atoms with Crippen LogP contribution in [-0.4, -0.2) is 40.9 Å². The number of thioether (sulfide) groups is 1. The number of aromatic nitrogens is 2. The molecule has 1 fully saturated rings. The third-order valence-corrected chi connectivity index (χ3v) is 3.70. The molecule has 1 atom stereocenters. The van der Waals surface area contributed by atoms with Gasteiger partial charge < -0.3 is 10.2 Å². The fourth-order valence-corrected chi connectivity index (χ4v) is 2.70. The fourth-order valence-electron chi connectivity index (χ4n) is 1.93. The van der Waals surface area contributed by atoms with Gasteiger partial charge >= 0.3 is 0 Å². The highest BCUT2D eigenvalue weighted by molar-refractivity contribution is 7.99. The van der Waals surface area contributed by atoms with Crippen molar-refractivity contribution in [1.29, 1.82) is 0 Å². The van der Waals surface area contributed by atoms with Crippen LogP contribution in [0.3, 0.4) is 0 Å². The third kappa shape index (κ3) is 4.99. The molecule has 4 nitrogen and oxygen atoms in total. The van der Waals surface area contributed by atoms with E-state index in [9.17, 15) is 0 Å². The Morgan fingerprint density at radius 1 is 1.32 bits per heavy atom. The van der Waals surface area contributed by atoms with Crippen LogP contribution in [0, 0.1) is 0 Å². The van der Waals surface area contributed by atoms with Crippen molar-refractivity contribution in [3.05, 3.63) is 12.4 Å². The summed E-state index contributed by atoms with van der Waals surface area (Å²) in [5, 5.41) is 3.94. The van der Waals surface area contributed by atoms with Gasteiger partial charge in [-0.3, -0.25) is 0 Å². The highest BCUT2D eigenvalue weighted by atomic mass is 32.2. The minimum Gasteiger partial charge on any atom is -0.336 e. The molecule has 5 heteroatoms. The van der Waals surface area contributed by atoms with Gasteiger partial charge in [-0.05, 0) is 6.92 Å². The van der Waals surface area contributed by atoms with Crippen molar-refractivity contribution in [3.63, 3.8) is 0 Å². The average Bonchev–Trinajstić information content (AvgIpc) is 2.42. The van der Waals surface area contributed by atoms with Gasteiger partial charge in [-0.2, -0.15) is 0 Å². The van der Waals surface area contributed by atoms with Crippen LogP contribution in [0.1, 0.15) is 34.6 Å². The van der Waals surface area contributed by atoms with Crippen molar-refractivity contribution in [3.8, 4) is 0 Å². The van der Waals surface area contributed by atoms with Gasteiger partial charge in [0.05, 0.1) is 0 Å². The molecule has 1 aromatic heterocycles. The van der Waals surface area contributed by atoms with E-state index in [0.29, 0.717) is 11.3 Å². The summed E-state index contributed by atoms with van der Waals surface area (Å²) in [5.41, 5.74) is 0. The molecule has 2 heterocycles. The quantitative estimate of drug-likeness (QED) is 0.863. The summed E-state index contributed by atoms with van der Waals surface area (Å²) in [6.45, 7) is 13.6. The number of rotatable bonds is 3. The van der Waals surface area contributed by atoms with Crippen LogP contribution in [0.2, 0.25) is 0 Å². The van der Waals surface area contributed by atoms with Crippen LogP contribution >= 0.6 is 11.8 Å². The summed E-state index contributed by atoms with van der Waals surface area (Å²) in [4.78, 5) is 12.4. The lowest BCUT2D eigenvalue weighted by molar-refractivity contribution is 0.492. The molecule has 0 aromatic carbocycles. The molecule has 1 unspecified atom stereocenters. The van der Waals surface area contributed by atoms with E-state index < -0.39 is 0 Å². The zero-order chi connectivity index (χ0) is 14.3. The van der Waals surface area contributed by atoms with Gasteiger partial charge in [-0.15, -0.1) is 11.8 Å². The third-order valence-electron chi connectivity index (χ3n) is 2.74. The first-order chi connectivity index (χ1) is 9.16. The second-order valence-electron chi connectivity index (χ2n) is 4.63. The Bertz CT molecular complexity index is 353. The van der Waals surface area contributed by atoms with Gasteiger partial charge in [0.2, 0.25) is 5.95 Å². The number of hydrogen-bond donors (Lipinski definition) is 1. The molecule has 19 heavy (non-hydrogen) atoms. The molecule has 0 bridgehead atoms. The molecule has 1 N–H and O–H groups in total. The summed E-state index contributed by atoms with van der Waals surface area (Å²) in [7, 11) is 0. The van der Waals surface area contributed by atoms with E-state index in [2.05, 4.69) is 41.0 Å². The largest absolute Gasteiger partial charge is 0.336 e. The van der Waals surface area contributed by atoms with Gasteiger partial charge in [0.25, 0.3) is 0 Å². The maximum atomic E-state index is 4.47. The van der Waals surface area contributed by atoms with Crippen LogP contribution in [0.25, 0.3) is 0 Å². The van der Waals surface area contributed by atoms with Gasteiger partial charge in [0, 0.05) is 48.2 Å². The van der Waals surface area contributed by atoms with Crippen LogP contribution in [0.5, 0.6) is 0 Å². The Balaban J connectivity index is 0.000000861. The van der Waals surface area contributed by atoms with Crippen molar-refractivity contribution in [2.24, 2.45) is 0 Å². The standard InChI is InChI=1S/C12H20N4S.C2H6/c1-9(2)17-11-7-14-12(15-8-11)16-5-4-13-6-10(16)3;1-2/h7-10,13H,4-6H2,1-3H3;1-2H3. The predicted octanol–water partition coefficient (Wildman–Crippen LogP) is 2.80. The molecule has 1 aliphatic heterocycles. The van der Waals surface area contributed by atoms with E-state index in [-0.39, 0.29) is 0 Å². The van der Waals surface area contributed by atoms with Crippen molar-refractivity contribution < 1.29 is 0 Å². The summed E-state index contributed by atoms with van der Waals surface area (Å²) < 4.78 is 0. The molecule has 1 aliphatic rings. The number of piperazine rings is 1. The monoisotopic (exact) mass is 282 g/mol. The lowest BCUT2D eigenvalue weighted by Gasteiger charge is -2.33. The molecule has 0 spiro atoms. The molecular weight excluding hydrogens is 256 g/mol. The molecule has 1 aromatic rings. The zero-order valence-electron chi connectivity index (χ0n) is 12.7. The molecule has 0 saturated carbocycles. The molecular formula is C14H26N4S. The minimum absolute atomic E-state index is 0.465. The van der Waals surface area contributed by atoms with E-state index in [0.717, 1.165) is 30.5 Å². The first kappa shape index (κ1) is 16.2. The zero-order valence-corrected chi connectivity index (χ0v) is 13.5. The molecule has 1 saturated heterocycles. The van der Waals surface area contributed by atoms with Crippen LogP contribution in [0.4, 0.5) is 5.95 Å². The fraction of sp³-hybridized carbons (Fsp3) is 0.714. The van der Waals surface area contributed by atoms with Gasteiger partial charge in [0.15, 0.2) is 0 Å². The molecule has 108 valence electrons. The van der Waals surface area contributed by atoms with E-state index >= 15 is 0 Å². The summed E-state index contributed by atoms with van der Waals surface area (Å²) in [6.07, 6.45) is 3.86. The highest BCUT2D eigenvalue weighted by Gasteiger charge is 2.20. The molecule has 0 aliphatic carbocycles. The first-order valence-electron chi connectivity index (χ1n) is 7.13. The maximum Gasteiger partial charge on any atom is 0.225 e. The van der Waals surface area contributed by atoms with Crippen molar-refractivity contribution in [2.45, 2.75) is 50.8 Å². The molecule has 2 rings (SSSR count). The van der Waals surface area contributed by atoms with E-state index in [1.54, 1.807) is 11.8 Å². The van der Waals surface area contributed by atoms with E-state index in [1.165, 1.54) is 0 Å². The number of anilines is 1. The lowest BCUT2D eigenvalue weighted by atomic mass is 10.2. The van der Waals surface area contributed by atoms with Crippen LogP contribution < -0.4 is 10.2 Å². The maximum absolute atomic E-state index is 4.47. The number of nitrogens with one attached hydrogen (secondary N) is 1. The van der Waals surface area contributed by atoms with E-state index in [4.69, 9.17) is 0 Å². The second-order valence-corrected chi connectivity index (χ2v) is 6.28. The smallest absolute Gasteiger partial charge is 0.225 e. The highest BCUT2D eigenvalue weighted by Crippen LogP contribution is 2.22. The number of hydrogen-bond acceptors (Lipinski definition) is 5. The van der Waals surface area contributed by atoms with Crippen molar-refractivity contribution in [1.82, 2.24) is 15.3 Å². The number of nitrogens with zero attached hydrogens (tertiary/aromatic N) is 3. The second kappa shape index (κ2) is 8.38. The summed E-state index contributed by atoms with van der Waals surface area (Å²) >= 11 is 1.80. The average molecular weight is 282 g/mol. The Kier molecular flexibility index (Phi) is 7.16. The Morgan fingerprint density at radius 3 is 2.47 bits per heavy atom. The minimum atomic E-state index is 0.465. The Morgan fingerprint density at radius 2 is 1.95 bits per heavy atom. The van der Waals surface area contributed by atoms with Crippen LogP contribution in [-0.2, 0) is 0 Å². The van der Waals surface area contributed by atoms with Gasteiger partial charge in [0.1, 0.15) is 0 Å². The molecule has 0 radical (unpaired) electrons. The summed E-state index contributed by atoms with van der Waals surface area (Å²) in [5.74, 6) is 0.854. The van der Waals surface area contributed by atoms with Gasteiger partial charge in [-0.1, -0.05) is 27.7 Å². The Labute approximate surface area is 121 Å². The lowest BCUT2D eigenvalue weighted by Crippen LogP contribution is -2.50. The topological polar surface area (TPSA) is 41.1 Å². The van der Waals surface area contributed by atoms with Gasteiger partial charge in [-0.25, -0.2) is 9.97 Å². The van der Waals surface area contributed by atoms with Crippen molar-refractivity contribution >= 4 is 17.7 Å².